The average Bonchev–Trinajstić information content (AvgIpc) is 2.60. The van der Waals surface area contributed by atoms with Crippen LogP contribution in [-0.2, 0) is 23.9 Å². The van der Waals surface area contributed by atoms with Crippen molar-refractivity contribution in [2.75, 3.05) is 0 Å². The summed E-state index contributed by atoms with van der Waals surface area (Å²) >= 11 is 0. The molecule has 0 amide bonds. The van der Waals surface area contributed by atoms with Gasteiger partial charge in [0, 0.05) is 0 Å². The Morgan fingerprint density at radius 2 is 1.07 bits per heavy atom. The van der Waals surface area contributed by atoms with Gasteiger partial charge in [-0.25, -0.2) is 0 Å². The fourth-order valence-electron chi connectivity index (χ4n) is 5.31. The fraction of sp³-hybridized carbons (Fsp3) is 0.880. The quantitative estimate of drug-likeness (QED) is 0.390. The van der Waals surface area contributed by atoms with Gasteiger partial charge in [0.15, 0.2) is 5.78 Å². The second kappa shape index (κ2) is 11.3. The van der Waals surface area contributed by atoms with Crippen LogP contribution in [0.3, 0.4) is 0 Å². The minimum absolute atomic E-state index is 0.128. The van der Waals surface area contributed by atoms with Gasteiger partial charge in [-0.15, -0.1) is 0 Å². The van der Waals surface area contributed by atoms with Gasteiger partial charge in [0.2, 0.25) is 0 Å². The number of carbonyl (C=O) groups excluding carboxylic acids is 3. The molecule has 0 bridgehead atoms. The third-order valence-corrected chi connectivity index (χ3v) is 7.17. The highest BCUT2D eigenvalue weighted by Gasteiger charge is 2.35. The number of ketones is 1. The smallest absolute Gasteiger partial charge is 0.313 e. The number of Topliss-reactive ketones (excluding diaryl/α,β-unsaturated/α-hetero) is 1. The Kier molecular flexibility index (Phi) is 9.36. The van der Waals surface area contributed by atoms with E-state index in [1.807, 2.05) is 0 Å². The zero-order chi connectivity index (χ0) is 22.4. The molecule has 5 heteroatoms. The van der Waals surface area contributed by atoms with E-state index >= 15 is 0 Å². The number of esters is 2. The molecule has 0 aromatic rings. The monoisotopic (exact) mass is 422 g/mol. The van der Waals surface area contributed by atoms with Crippen molar-refractivity contribution in [1.29, 1.82) is 0 Å². The summed E-state index contributed by atoms with van der Waals surface area (Å²) in [5.74, 6) is 1.16. The largest absolute Gasteiger partial charge is 0.462 e. The first-order valence-electron chi connectivity index (χ1n) is 12.0. The molecule has 0 N–H and O–H groups in total. The van der Waals surface area contributed by atoms with Crippen LogP contribution >= 0.6 is 0 Å². The molecule has 0 saturated heterocycles. The Morgan fingerprint density at radius 1 is 0.700 bits per heavy atom. The van der Waals surface area contributed by atoms with Crippen LogP contribution in [0.5, 0.6) is 0 Å². The predicted octanol–water partition coefficient (Wildman–Crippen LogP) is 5.34. The van der Waals surface area contributed by atoms with Crippen LogP contribution in [0.15, 0.2) is 0 Å². The van der Waals surface area contributed by atoms with Crippen molar-refractivity contribution in [3.8, 4) is 0 Å². The van der Waals surface area contributed by atoms with Crippen LogP contribution in [0.25, 0.3) is 0 Å². The predicted molar refractivity (Wildman–Crippen MR) is 117 cm³/mol. The molecule has 5 nitrogen and oxygen atoms in total. The molecule has 0 aliphatic heterocycles. The third kappa shape index (κ3) is 7.39. The molecule has 2 saturated carbocycles. The van der Waals surface area contributed by atoms with E-state index in [1.165, 1.54) is 0 Å². The van der Waals surface area contributed by atoms with Crippen LogP contribution < -0.4 is 0 Å². The second-order valence-electron chi connectivity index (χ2n) is 10.6. The molecule has 0 radical (unpaired) electrons. The molecule has 0 spiro atoms. The van der Waals surface area contributed by atoms with Crippen molar-refractivity contribution >= 4 is 17.7 Å². The molecule has 0 heterocycles. The number of ether oxygens (including phenoxy) is 2. The third-order valence-electron chi connectivity index (χ3n) is 7.17. The molecule has 2 rings (SSSR count). The van der Waals surface area contributed by atoms with Gasteiger partial charge in [0.05, 0.1) is 0 Å². The van der Waals surface area contributed by atoms with Gasteiger partial charge in [-0.05, 0) is 61.2 Å². The zero-order valence-electron chi connectivity index (χ0n) is 19.8. The number of hydrogen-bond acceptors (Lipinski definition) is 5. The Balaban J connectivity index is 1.82. The minimum atomic E-state index is -0.510. The maximum atomic E-state index is 12.4. The van der Waals surface area contributed by atoms with E-state index in [0.717, 1.165) is 38.5 Å². The minimum Gasteiger partial charge on any atom is -0.462 e. The summed E-state index contributed by atoms with van der Waals surface area (Å²) < 4.78 is 11.4. The summed E-state index contributed by atoms with van der Waals surface area (Å²) in [6, 6.07) is 0. The summed E-state index contributed by atoms with van der Waals surface area (Å²) in [5.41, 5.74) is 0. The van der Waals surface area contributed by atoms with Crippen molar-refractivity contribution in [1.82, 2.24) is 0 Å². The van der Waals surface area contributed by atoms with Crippen LogP contribution in [0.1, 0.15) is 92.9 Å². The van der Waals surface area contributed by atoms with Gasteiger partial charge in [0.1, 0.15) is 25.0 Å². The van der Waals surface area contributed by atoms with E-state index in [0.29, 0.717) is 35.5 Å². The van der Waals surface area contributed by atoms with Crippen molar-refractivity contribution < 1.29 is 23.9 Å². The van der Waals surface area contributed by atoms with E-state index in [4.69, 9.17) is 9.47 Å². The Hall–Kier alpha value is -1.39. The molecule has 30 heavy (non-hydrogen) atoms. The lowest BCUT2D eigenvalue weighted by atomic mass is 9.75. The average molecular weight is 423 g/mol. The number of carbonyl (C=O) groups is 3. The van der Waals surface area contributed by atoms with Gasteiger partial charge in [-0.3, -0.25) is 14.4 Å². The van der Waals surface area contributed by atoms with Gasteiger partial charge < -0.3 is 9.47 Å². The van der Waals surface area contributed by atoms with Gasteiger partial charge in [0.25, 0.3) is 0 Å². The lowest BCUT2D eigenvalue weighted by Gasteiger charge is -2.36. The van der Waals surface area contributed by atoms with Crippen LogP contribution in [-0.4, -0.2) is 29.9 Å². The normalized spacial score (nSPS) is 32.1. The lowest BCUT2D eigenvalue weighted by Crippen LogP contribution is -2.37. The molecule has 0 aromatic heterocycles. The molecule has 2 aliphatic carbocycles. The molecule has 2 fully saturated rings. The van der Waals surface area contributed by atoms with Crippen LogP contribution in [0, 0.1) is 35.5 Å². The Bertz CT molecular complexity index is 546. The highest BCUT2D eigenvalue weighted by Crippen LogP contribution is 2.36. The first kappa shape index (κ1) is 24.9. The van der Waals surface area contributed by atoms with Crippen molar-refractivity contribution in [2.45, 2.75) is 105 Å². The van der Waals surface area contributed by atoms with Gasteiger partial charge >= 0.3 is 11.9 Å². The van der Waals surface area contributed by atoms with Crippen molar-refractivity contribution in [2.24, 2.45) is 35.5 Å². The number of hydrogen-bond donors (Lipinski definition) is 0. The molecular formula is C25H42O5. The van der Waals surface area contributed by atoms with Crippen molar-refractivity contribution in [3.63, 3.8) is 0 Å². The maximum absolute atomic E-state index is 12.4. The Morgan fingerprint density at radius 3 is 1.40 bits per heavy atom. The number of rotatable bonds is 8. The van der Waals surface area contributed by atoms with E-state index in [-0.39, 0.29) is 25.0 Å². The van der Waals surface area contributed by atoms with Gasteiger partial charge in [-0.1, -0.05) is 54.4 Å². The first-order chi connectivity index (χ1) is 14.1. The van der Waals surface area contributed by atoms with E-state index < -0.39 is 17.7 Å². The zero-order valence-corrected chi connectivity index (χ0v) is 19.8. The standard InChI is InChI=1S/C25H42O5/c1-15(2)20-9-7-17(5)11-22(20)29-24(27)13-19(26)14-25(28)30-23-12-18(6)8-10-21(23)16(3)4/h15-18,20-23H,7-14H2,1-6H3/t17-,18-,20+,21+,22-,23-/m1/s1. The fourth-order valence-corrected chi connectivity index (χ4v) is 5.31. The lowest BCUT2D eigenvalue weighted by molar-refractivity contribution is -0.159. The maximum Gasteiger partial charge on any atom is 0.313 e. The summed E-state index contributed by atoms with van der Waals surface area (Å²) in [6.45, 7) is 13.0. The molecule has 6 atom stereocenters. The molecule has 172 valence electrons. The SMILES string of the molecule is CC(C)[C@@H]1CC[C@@H](C)C[C@H]1OC(=O)CC(=O)CC(=O)O[C@@H]1C[C@H](C)CC[C@H]1C(C)C. The highest BCUT2D eigenvalue weighted by atomic mass is 16.5. The molecule has 0 aromatic carbocycles. The van der Waals surface area contributed by atoms with E-state index in [1.54, 1.807) is 0 Å². The summed E-state index contributed by atoms with van der Waals surface area (Å²) in [5, 5.41) is 0. The van der Waals surface area contributed by atoms with Crippen molar-refractivity contribution in [3.05, 3.63) is 0 Å². The summed E-state index contributed by atoms with van der Waals surface area (Å²) in [4.78, 5) is 37.0. The van der Waals surface area contributed by atoms with Gasteiger partial charge in [-0.2, -0.15) is 0 Å². The molecule has 0 unspecified atom stereocenters. The molecular weight excluding hydrogens is 380 g/mol. The topological polar surface area (TPSA) is 69.7 Å². The van der Waals surface area contributed by atoms with E-state index in [2.05, 4.69) is 41.5 Å². The van der Waals surface area contributed by atoms with Crippen LogP contribution in [0.4, 0.5) is 0 Å². The van der Waals surface area contributed by atoms with Crippen LogP contribution in [0.2, 0.25) is 0 Å². The van der Waals surface area contributed by atoms with E-state index in [9.17, 15) is 14.4 Å². The second-order valence-corrected chi connectivity index (χ2v) is 10.6. The highest BCUT2D eigenvalue weighted by molar-refractivity contribution is 6.03. The summed E-state index contributed by atoms with van der Waals surface area (Å²) in [6.07, 6.45) is 5.15. The molecule has 2 aliphatic rings. The summed E-state index contributed by atoms with van der Waals surface area (Å²) in [7, 11) is 0. The first-order valence-corrected chi connectivity index (χ1v) is 12.0. The Labute approximate surface area is 182 Å².